The molecule has 1 aromatic carbocycles. The van der Waals surface area contributed by atoms with Crippen LogP contribution in [0.5, 0.6) is 0 Å². The molecule has 9 heteroatoms. The number of benzene rings is 1. The van der Waals surface area contributed by atoms with Crippen LogP contribution in [-0.4, -0.2) is 70.2 Å². The molecule has 0 spiro atoms. The van der Waals surface area contributed by atoms with Gasteiger partial charge in [-0.15, -0.1) is 0 Å². The smallest absolute Gasteiger partial charge is 0.229 e. The minimum Gasteiger partial charge on any atom is -0.381 e. The number of nitrogens with zero attached hydrogens (tertiary/aromatic N) is 5. The van der Waals surface area contributed by atoms with Crippen LogP contribution in [0.4, 0.5) is 11.9 Å². The zero-order valence-corrected chi connectivity index (χ0v) is 21.7. The Bertz CT molecular complexity index is 1200. The van der Waals surface area contributed by atoms with Crippen LogP contribution < -0.4 is 10.6 Å². The van der Waals surface area contributed by atoms with Gasteiger partial charge in [-0.3, -0.25) is 4.79 Å². The van der Waals surface area contributed by atoms with Crippen molar-refractivity contribution in [2.24, 2.45) is 0 Å². The molecule has 36 heavy (non-hydrogen) atoms. The Morgan fingerprint density at radius 1 is 1.22 bits per heavy atom. The minimum atomic E-state index is 0.0982. The summed E-state index contributed by atoms with van der Waals surface area (Å²) in [6.07, 6.45) is 7.68. The number of rotatable bonds is 11. The molecule has 0 unspecified atom stereocenters. The summed E-state index contributed by atoms with van der Waals surface area (Å²) in [7, 11) is 3.96. The van der Waals surface area contributed by atoms with E-state index in [1.807, 2.05) is 49.5 Å². The summed E-state index contributed by atoms with van der Waals surface area (Å²) >= 11 is 0. The van der Waals surface area contributed by atoms with Gasteiger partial charge in [-0.1, -0.05) is 44.2 Å². The van der Waals surface area contributed by atoms with Crippen LogP contribution in [0.3, 0.4) is 0 Å². The van der Waals surface area contributed by atoms with E-state index in [0.29, 0.717) is 36.8 Å². The zero-order chi connectivity index (χ0) is 25.5. The molecule has 9 nitrogen and oxygen atoms in total. The lowest BCUT2D eigenvalue weighted by Gasteiger charge is -2.23. The second kappa shape index (κ2) is 12.1. The molecule has 2 N–H and O–H groups in total. The summed E-state index contributed by atoms with van der Waals surface area (Å²) in [5.74, 6) is 1.63. The molecule has 1 fully saturated rings. The van der Waals surface area contributed by atoms with Crippen LogP contribution in [0.15, 0.2) is 42.6 Å². The Balaban J connectivity index is 1.50. The molecule has 0 radical (unpaired) electrons. The fraction of sp³-hybridized carbons (Fsp3) is 0.481. The van der Waals surface area contributed by atoms with Crippen LogP contribution in [0, 0.1) is 0 Å². The number of hydrogen-bond acceptors (Lipinski definition) is 8. The molecule has 4 rings (SSSR count). The first kappa shape index (κ1) is 25.8. The van der Waals surface area contributed by atoms with Gasteiger partial charge in [0.15, 0.2) is 11.4 Å². The summed E-state index contributed by atoms with van der Waals surface area (Å²) < 4.78 is 7.26. The number of allylic oxidation sites excluding steroid dienone is 1. The van der Waals surface area contributed by atoms with Crippen molar-refractivity contribution in [2.45, 2.75) is 51.6 Å². The van der Waals surface area contributed by atoms with Gasteiger partial charge in [-0.2, -0.15) is 19.6 Å². The Kier molecular flexibility index (Phi) is 8.66. The first-order chi connectivity index (χ1) is 17.4. The summed E-state index contributed by atoms with van der Waals surface area (Å²) in [6, 6.07) is 8.38. The van der Waals surface area contributed by atoms with E-state index in [9.17, 15) is 4.79 Å². The summed E-state index contributed by atoms with van der Waals surface area (Å²) in [4.78, 5) is 23.9. The highest BCUT2D eigenvalue weighted by Gasteiger charge is 2.19. The molecule has 192 valence electrons. The van der Waals surface area contributed by atoms with E-state index in [2.05, 4.69) is 35.6 Å². The monoisotopic (exact) mass is 491 g/mol. The van der Waals surface area contributed by atoms with Gasteiger partial charge in [0, 0.05) is 44.3 Å². The largest absolute Gasteiger partial charge is 0.381 e. The van der Waals surface area contributed by atoms with Crippen molar-refractivity contribution in [1.29, 1.82) is 0 Å². The van der Waals surface area contributed by atoms with Crippen molar-refractivity contribution in [3.8, 4) is 0 Å². The van der Waals surface area contributed by atoms with E-state index in [1.165, 1.54) is 0 Å². The summed E-state index contributed by atoms with van der Waals surface area (Å²) in [5, 5.41) is 11.5. The number of carbonyl (C=O) groups excluding carboxylic acids is 1. The first-order valence-corrected chi connectivity index (χ1v) is 12.6. The number of fused-ring (bicyclic) bond motifs is 1. The number of likely N-dealkylation sites (N-methyl/N-ethyl adjacent to an activating group) is 1. The number of aromatic nitrogens is 4. The minimum absolute atomic E-state index is 0.0982. The van der Waals surface area contributed by atoms with Gasteiger partial charge in [0.05, 0.1) is 6.20 Å². The van der Waals surface area contributed by atoms with E-state index in [4.69, 9.17) is 14.7 Å². The standard InChI is InChI=1S/C27H37N7O2/c1-19(2)24-18-29-34-25(24)31-26(30-22-10-13-36-14-11-22)32-27(34)28-17-21-8-5-7-20(15-21)16-23(35)9-6-12-33(3)4/h5-9,15,18-19,22H,10-14,16-17H2,1-4H3,(H2,28,30,31,32)/b9-6+. The molecule has 1 saturated heterocycles. The SMILES string of the molecule is CC(C)c1cnn2c(NCc3cccc(CC(=O)/C=C/CN(C)C)c3)nc(NC3CCOCC3)nc12. The molecule has 3 aromatic rings. The van der Waals surface area contributed by atoms with Crippen LogP contribution in [0.2, 0.25) is 0 Å². The van der Waals surface area contributed by atoms with Crippen molar-refractivity contribution < 1.29 is 9.53 Å². The van der Waals surface area contributed by atoms with Crippen LogP contribution in [0.1, 0.15) is 49.3 Å². The predicted molar refractivity (Wildman–Crippen MR) is 143 cm³/mol. The average molecular weight is 492 g/mol. The zero-order valence-electron chi connectivity index (χ0n) is 21.7. The number of carbonyl (C=O) groups is 1. The normalized spacial score (nSPS) is 14.8. The molecule has 0 aliphatic carbocycles. The van der Waals surface area contributed by atoms with Crippen molar-refractivity contribution >= 4 is 23.3 Å². The van der Waals surface area contributed by atoms with E-state index >= 15 is 0 Å². The Hall–Kier alpha value is -3.30. The lowest BCUT2D eigenvalue weighted by atomic mass is 10.1. The third kappa shape index (κ3) is 6.89. The first-order valence-electron chi connectivity index (χ1n) is 12.6. The van der Waals surface area contributed by atoms with Gasteiger partial charge >= 0.3 is 0 Å². The fourth-order valence-corrected chi connectivity index (χ4v) is 4.19. The maximum Gasteiger partial charge on any atom is 0.229 e. The molecule has 0 bridgehead atoms. The number of hydrogen-bond donors (Lipinski definition) is 2. The Labute approximate surface area is 213 Å². The maximum atomic E-state index is 12.3. The molecule has 0 atom stereocenters. The maximum absolute atomic E-state index is 12.3. The van der Waals surface area contributed by atoms with Gasteiger partial charge in [0.25, 0.3) is 0 Å². The Morgan fingerprint density at radius 3 is 2.75 bits per heavy atom. The van der Waals surface area contributed by atoms with Crippen LogP contribution in [-0.2, 0) is 22.5 Å². The fourth-order valence-electron chi connectivity index (χ4n) is 4.19. The molecular weight excluding hydrogens is 454 g/mol. The van der Waals surface area contributed by atoms with Crippen molar-refractivity contribution in [2.75, 3.05) is 44.5 Å². The molecular formula is C27H37N7O2. The number of nitrogens with one attached hydrogen (secondary N) is 2. The summed E-state index contributed by atoms with van der Waals surface area (Å²) in [6.45, 7) is 7.08. The lowest BCUT2D eigenvalue weighted by Crippen LogP contribution is -2.29. The molecule has 1 aliphatic rings. The molecule has 2 aromatic heterocycles. The molecule has 1 aliphatic heterocycles. The van der Waals surface area contributed by atoms with Crippen molar-refractivity contribution in [3.05, 3.63) is 59.3 Å². The second-order valence-corrected chi connectivity index (χ2v) is 9.87. The molecule has 0 amide bonds. The highest BCUT2D eigenvalue weighted by molar-refractivity contribution is 5.91. The highest BCUT2D eigenvalue weighted by atomic mass is 16.5. The third-order valence-electron chi connectivity index (χ3n) is 6.17. The van der Waals surface area contributed by atoms with Gasteiger partial charge in [-0.25, -0.2) is 0 Å². The van der Waals surface area contributed by atoms with Crippen molar-refractivity contribution in [1.82, 2.24) is 24.5 Å². The number of anilines is 2. The predicted octanol–water partition coefficient (Wildman–Crippen LogP) is 3.68. The van der Waals surface area contributed by atoms with E-state index in [-0.39, 0.29) is 5.78 Å². The van der Waals surface area contributed by atoms with E-state index in [0.717, 1.165) is 54.9 Å². The van der Waals surface area contributed by atoms with Gasteiger partial charge in [-0.05, 0) is 50.1 Å². The highest BCUT2D eigenvalue weighted by Crippen LogP contribution is 2.23. The number of ether oxygens (including phenoxy) is 1. The van der Waals surface area contributed by atoms with Gasteiger partial charge < -0.3 is 20.3 Å². The van der Waals surface area contributed by atoms with Gasteiger partial charge in [0.1, 0.15) is 0 Å². The molecule has 0 saturated carbocycles. The van der Waals surface area contributed by atoms with E-state index < -0.39 is 0 Å². The quantitative estimate of drug-likeness (QED) is 0.392. The lowest BCUT2D eigenvalue weighted by molar-refractivity contribution is -0.114. The topological polar surface area (TPSA) is 96.7 Å². The Morgan fingerprint density at radius 2 is 2.00 bits per heavy atom. The second-order valence-electron chi connectivity index (χ2n) is 9.87. The summed E-state index contributed by atoms with van der Waals surface area (Å²) in [5.41, 5.74) is 3.95. The van der Waals surface area contributed by atoms with Gasteiger partial charge in [0.2, 0.25) is 11.9 Å². The number of ketones is 1. The van der Waals surface area contributed by atoms with Crippen LogP contribution in [0.25, 0.3) is 5.65 Å². The van der Waals surface area contributed by atoms with Crippen molar-refractivity contribution in [3.63, 3.8) is 0 Å². The third-order valence-corrected chi connectivity index (χ3v) is 6.17. The van der Waals surface area contributed by atoms with E-state index in [1.54, 1.807) is 10.6 Å². The average Bonchev–Trinajstić information content (AvgIpc) is 3.28. The molecule has 3 heterocycles. The van der Waals surface area contributed by atoms with Crippen LogP contribution >= 0.6 is 0 Å².